The molecule has 0 saturated carbocycles. The molecule has 0 aliphatic heterocycles. The quantitative estimate of drug-likeness (QED) is 0.669. The van der Waals surface area contributed by atoms with Crippen molar-refractivity contribution in [3.8, 4) is 0 Å². The SMILES string of the molecule is CCc1ccc(Nc2nc(Cl)nc3sc(C)c(C)c23)cc1. The molecule has 2 heterocycles. The number of thiophene rings is 1. The Morgan fingerprint density at radius 1 is 1.14 bits per heavy atom. The summed E-state index contributed by atoms with van der Waals surface area (Å²) >= 11 is 7.69. The highest BCUT2D eigenvalue weighted by Gasteiger charge is 2.14. The number of rotatable bonds is 3. The lowest BCUT2D eigenvalue weighted by atomic mass is 10.1. The molecule has 0 aliphatic carbocycles. The molecule has 0 radical (unpaired) electrons. The van der Waals surface area contributed by atoms with E-state index in [1.54, 1.807) is 11.3 Å². The fourth-order valence-corrected chi connectivity index (χ4v) is 3.52. The first-order valence-corrected chi connectivity index (χ1v) is 8.07. The van der Waals surface area contributed by atoms with E-state index in [9.17, 15) is 0 Å². The van der Waals surface area contributed by atoms with Gasteiger partial charge in [-0.15, -0.1) is 11.3 Å². The number of nitrogens with one attached hydrogen (secondary N) is 1. The smallest absolute Gasteiger partial charge is 0.225 e. The van der Waals surface area contributed by atoms with Gasteiger partial charge in [0.05, 0.1) is 5.39 Å². The molecule has 0 bridgehead atoms. The maximum Gasteiger partial charge on any atom is 0.225 e. The lowest BCUT2D eigenvalue weighted by Crippen LogP contribution is -1.97. The zero-order chi connectivity index (χ0) is 15.0. The third-order valence-electron chi connectivity index (χ3n) is 3.63. The van der Waals surface area contributed by atoms with E-state index in [4.69, 9.17) is 11.6 Å². The molecule has 0 aliphatic rings. The third kappa shape index (κ3) is 2.74. The number of benzene rings is 1. The second kappa shape index (κ2) is 5.62. The first kappa shape index (κ1) is 14.3. The van der Waals surface area contributed by atoms with Gasteiger partial charge in [0, 0.05) is 10.6 Å². The Bertz CT molecular complexity index is 793. The topological polar surface area (TPSA) is 37.8 Å². The summed E-state index contributed by atoms with van der Waals surface area (Å²) in [5.74, 6) is 0.774. The van der Waals surface area contributed by atoms with Crippen LogP contribution in [0.25, 0.3) is 10.2 Å². The van der Waals surface area contributed by atoms with Gasteiger partial charge in [0.15, 0.2) is 0 Å². The standard InChI is InChI=1S/C16H16ClN3S/c1-4-11-5-7-12(8-6-11)18-14-13-9(2)10(3)21-15(13)20-16(17)19-14/h5-8H,4H2,1-3H3,(H,18,19,20). The minimum absolute atomic E-state index is 0.274. The number of hydrogen-bond acceptors (Lipinski definition) is 4. The fraction of sp³-hybridized carbons (Fsp3) is 0.250. The van der Waals surface area contributed by atoms with E-state index in [1.807, 2.05) is 0 Å². The maximum atomic E-state index is 6.04. The largest absolute Gasteiger partial charge is 0.340 e. The van der Waals surface area contributed by atoms with Crippen molar-refractivity contribution < 1.29 is 0 Å². The number of hydrogen-bond donors (Lipinski definition) is 1. The number of nitrogens with zero attached hydrogens (tertiary/aromatic N) is 2. The molecule has 0 spiro atoms. The first-order chi connectivity index (χ1) is 10.1. The molecule has 1 N–H and O–H groups in total. The molecule has 5 heteroatoms. The maximum absolute atomic E-state index is 6.04. The van der Waals surface area contributed by atoms with Crippen molar-refractivity contribution in [2.45, 2.75) is 27.2 Å². The van der Waals surface area contributed by atoms with Gasteiger partial charge in [0.25, 0.3) is 0 Å². The van der Waals surface area contributed by atoms with Crippen LogP contribution < -0.4 is 5.32 Å². The van der Waals surface area contributed by atoms with E-state index in [1.165, 1.54) is 16.0 Å². The zero-order valence-corrected chi connectivity index (χ0v) is 13.8. The van der Waals surface area contributed by atoms with Crippen molar-refractivity contribution in [2.24, 2.45) is 0 Å². The van der Waals surface area contributed by atoms with Gasteiger partial charge in [0.2, 0.25) is 5.28 Å². The molecule has 1 aromatic carbocycles. The fourth-order valence-electron chi connectivity index (χ4n) is 2.27. The molecule has 3 nitrogen and oxygen atoms in total. The molecule has 0 unspecified atom stereocenters. The van der Waals surface area contributed by atoms with E-state index in [-0.39, 0.29) is 5.28 Å². The monoisotopic (exact) mass is 317 g/mol. The van der Waals surface area contributed by atoms with Gasteiger partial charge in [-0.25, -0.2) is 4.98 Å². The second-order valence-corrected chi connectivity index (χ2v) is 6.52. The van der Waals surface area contributed by atoms with Gasteiger partial charge in [-0.3, -0.25) is 0 Å². The molecule has 0 saturated heterocycles. The number of fused-ring (bicyclic) bond motifs is 1. The molecule has 0 amide bonds. The lowest BCUT2D eigenvalue weighted by Gasteiger charge is -2.08. The van der Waals surface area contributed by atoms with Gasteiger partial charge < -0.3 is 5.32 Å². The first-order valence-electron chi connectivity index (χ1n) is 6.87. The highest BCUT2D eigenvalue weighted by molar-refractivity contribution is 7.18. The van der Waals surface area contributed by atoms with Crippen LogP contribution in [0.15, 0.2) is 24.3 Å². The second-order valence-electron chi connectivity index (χ2n) is 4.98. The summed E-state index contributed by atoms with van der Waals surface area (Å²) in [7, 11) is 0. The van der Waals surface area contributed by atoms with Crippen LogP contribution in [0.2, 0.25) is 5.28 Å². The van der Waals surface area contributed by atoms with Crippen LogP contribution in [0.1, 0.15) is 22.9 Å². The molecule has 3 aromatic rings. The summed E-state index contributed by atoms with van der Waals surface area (Å²) in [4.78, 5) is 10.9. The van der Waals surface area contributed by atoms with Gasteiger partial charge in [-0.2, -0.15) is 4.98 Å². The summed E-state index contributed by atoms with van der Waals surface area (Å²) < 4.78 is 0. The van der Waals surface area contributed by atoms with Gasteiger partial charge in [-0.05, 0) is 55.1 Å². The van der Waals surface area contributed by atoms with Crippen LogP contribution in [-0.4, -0.2) is 9.97 Å². The number of anilines is 2. The van der Waals surface area contributed by atoms with E-state index in [2.05, 4.69) is 60.3 Å². The predicted molar refractivity (Wildman–Crippen MR) is 91.0 cm³/mol. The Hall–Kier alpha value is -1.65. The van der Waals surface area contributed by atoms with E-state index < -0.39 is 0 Å². The van der Waals surface area contributed by atoms with Crippen LogP contribution in [-0.2, 0) is 6.42 Å². The zero-order valence-electron chi connectivity index (χ0n) is 12.2. The van der Waals surface area contributed by atoms with E-state index >= 15 is 0 Å². The van der Waals surface area contributed by atoms with E-state index in [0.29, 0.717) is 0 Å². The van der Waals surface area contributed by atoms with Crippen LogP contribution >= 0.6 is 22.9 Å². The van der Waals surface area contributed by atoms with Crippen LogP contribution in [0.4, 0.5) is 11.5 Å². The molecule has 21 heavy (non-hydrogen) atoms. The van der Waals surface area contributed by atoms with Gasteiger partial charge in [0.1, 0.15) is 10.6 Å². The molecule has 108 valence electrons. The molecular weight excluding hydrogens is 302 g/mol. The minimum atomic E-state index is 0.274. The number of halogens is 1. The number of aromatic nitrogens is 2. The summed E-state index contributed by atoms with van der Waals surface area (Å²) in [5, 5.41) is 4.70. The van der Waals surface area contributed by atoms with Crippen molar-refractivity contribution in [3.63, 3.8) is 0 Å². The van der Waals surface area contributed by atoms with Crippen molar-refractivity contribution in [1.82, 2.24) is 9.97 Å². The summed E-state index contributed by atoms with van der Waals surface area (Å²) in [6.07, 6.45) is 1.03. The van der Waals surface area contributed by atoms with Crippen molar-refractivity contribution in [2.75, 3.05) is 5.32 Å². The summed E-state index contributed by atoms with van der Waals surface area (Å²) in [6, 6.07) is 8.37. The molecular formula is C16H16ClN3S. The Balaban J connectivity index is 2.06. The Labute approximate surface area is 133 Å². The molecule has 0 fully saturated rings. The lowest BCUT2D eigenvalue weighted by molar-refractivity contribution is 1.14. The highest BCUT2D eigenvalue weighted by Crippen LogP contribution is 2.35. The molecule has 3 rings (SSSR count). The van der Waals surface area contributed by atoms with Crippen molar-refractivity contribution in [3.05, 3.63) is 45.6 Å². The molecule has 2 aromatic heterocycles. The highest BCUT2D eigenvalue weighted by atomic mass is 35.5. The predicted octanol–water partition coefficient (Wildman–Crippen LogP) is 5.27. The Morgan fingerprint density at radius 2 is 1.86 bits per heavy atom. The third-order valence-corrected chi connectivity index (χ3v) is 4.90. The Kier molecular flexibility index (Phi) is 3.83. The van der Waals surface area contributed by atoms with Crippen LogP contribution in [0, 0.1) is 13.8 Å². The molecule has 0 atom stereocenters. The Morgan fingerprint density at radius 3 is 2.52 bits per heavy atom. The summed E-state index contributed by atoms with van der Waals surface area (Å²) in [5.41, 5.74) is 3.53. The number of aryl methyl sites for hydroxylation is 3. The van der Waals surface area contributed by atoms with Gasteiger partial charge in [-0.1, -0.05) is 19.1 Å². The van der Waals surface area contributed by atoms with Crippen molar-refractivity contribution >= 4 is 44.7 Å². The minimum Gasteiger partial charge on any atom is -0.340 e. The normalized spacial score (nSPS) is 11.0. The average molecular weight is 318 g/mol. The van der Waals surface area contributed by atoms with Crippen LogP contribution in [0.5, 0.6) is 0 Å². The van der Waals surface area contributed by atoms with Crippen molar-refractivity contribution in [1.29, 1.82) is 0 Å². The van der Waals surface area contributed by atoms with E-state index in [0.717, 1.165) is 28.1 Å². The summed E-state index contributed by atoms with van der Waals surface area (Å²) in [6.45, 7) is 6.33. The van der Waals surface area contributed by atoms with Gasteiger partial charge >= 0.3 is 0 Å². The van der Waals surface area contributed by atoms with Crippen LogP contribution in [0.3, 0.4) is 0 Å². The average Bonchev–Trinajstić information content (AvgIpc) is 2.74.